The van der Waals surface area contributed by atoms with Gasteiger partial charge < -0.3 is 14.6 Å². The maximum absolute atomic E-state index is 13.0. The molecule has 2 aromatic carbocycles. The van der Waals surface area contributed by atoms with Crippen molar-refractivity contribution in [1.82, 2.24) is 5.32 Å². The van der Waals surface area contributed by atoms with Crippen molar-refractivity contribution in [2.75, 3.05) is 18.6 Å². The van der Waals surface area contributed by atoms with Crippen LogP contribution in [0.4, 0.5) is 10.5 Å². The predicted octanol–water partition coefficient (Wildman–Crippen LogP) is 3.03. The Hall–Kier alpha value is -2.68. The van der Waals surface area contributed by atoms with Gasteiger partial charge in [0.05, 0.1) is 19.9 Å². The van der Waals surface area contributed by atoms with Crippen molar-refractivity contribution >= 4 is 80.8 Å². The van der Waals surface area contributed by atoms with E-state index >= 15 is 0 Å². The number of nitrogens with zero attached hydrogens (tertiary/aromatic N) is 1. The summed E-state index contributed by atoms with van der Waals surface area (Å²) in [5, 5.41) is 11.0. The molecule has 4 amide bonds. The summed E-state index contributed by atoms with van der Waals surface area (Å²) in [7, 11) is 1.49. The number of hydrogen-bond donors (Lipinski definition) is 2. The summed E-state index contributed by atoms with van der Waals surface area (Å²) in [4.78, 5) is 49.2. The molecule has 0 unspecified atom stereocenters. The fourth-order valence-corrected chi connectivity index (χ4v) is 4.85. The number of carbonyl (C=O) groups is 4. The largest absolute Gasteiger partial charge is 0.497 e. The molecule has 0 radical (unpaired) electrons. The van der Waals surface area contributed by atoms with Crippen molar-refractivity contribution in [3.8, 4) is 11.5 Å². The Bertz CT molecular complexity index is 1090. The first-order chi connectivity index (χ1) is 14.7. The topological polar surface area (TPSA) is 122 Å². The Labute approximate surface area is 203 Å². The summed E-state index contributed by atoms with van der Waals surface area (Å²) >= 11 is 3.95. The molecule has 11 heteroatoms. The summed E-state index contributed by atoms with van der Waals surface area (Å²) in [6.45, 7) is -0.494. The van der Waals surface area contributed by atoms with Gasteiger partial charge in [-0.25, -0.2) is 14.5 Å². The fraction of sp³-hybridized carbons (Fsp3) is 0.100. The number of imide groups is 2. The van der Waals surface area contributed by atoms with Crippen LogP contribution >= 0.6 is 45.2 Å². The van der Waals surface area contributed by atoms with Gasteiger partial charge in [-0.05, 0) is 93.2 Å². The summed E-state index contributed by atoms with van der Waals surface area (Å²) in [6, 6.07) is 8.68. The van der Waals surface area contributed by atoms with Gasteiger partial charge in [-0.2, -0.15) is 0 Å². The number of nitrogens with one attached hydrogen (secondary N) is 1. The van der Waals surface area contributed by atoms with Crippen LogP contribution in [0.2, 0.25) is 0 Å². The first-order valence-corrected chi connectivity index (χ1v) is 10.8. The Morgan fingerprint density at radius 2 is 1.74 bits per heavy atom. The minimum atomic E-state index is -1.11. The molecule has 1 aliphatic rings. The zero-order valence-corrected chi connectivity index (χ0v) is 20.2. The molecule has 160 valence electrons. The van der Waals surface area contributed by atoms with E-state index in [1.165, 1.54) is 25.3 Å². The molecule has 1 fully saturated rings. The van der Waals surface area contributed by atoms with E-state index in [-0.39, 0.29) is 11.3 Å². The number of hydrogen-bond acceptors (Lipinski definition) is 6. The number of methoxy groups -OCH3 is 1. The molecule has 1 saturated heterocycles. The Morgan fingerprint density at radius 3 is 2.29 bits per heavy atom. The van der Waals surface area contributed by atoms with Gasteiger partial charge in [-0.3, -0.25) is 14.9 Å². The van der Waals surface area contributed by atoms with Gasteiger partial charge in [0, 0.05) is 0 Å². The first-order valence-electron chi connectivity index (χ1n) is 8.60. The summed E-state index contributed by atoms with van der Waals surface area (Å²) < 4.78 is 11.6. The van der Waals surface area contributed by atoms with E-state index in [9.17, 15) is 19.2 Å². The zero-order valence-electron chi connectivity index (χ0n) is 15.8. The van der Waals surface area contributed by atoms with E-state index in [0.717, 1.165) is 4.90 Å². The van der Waals surface area contributed by atoms with Crippen LogP contribution in [0.5, 0.6) is 11.5 Å². The van der Waals surface area contributed by atoms with Crippen LogP contribution in [-0.4, -0.2) is 42.6 Å². The van der Waals surface area contributed by atoms with Crippen LogP contribution in [0.1, 0.15) is 5.56 Å². The van der Waals surface area contributed by atoms with Crippen molar-refractivity contribution < 1.29 is 33.8 Å². The molecule has 0 aromatic heterocycles. The average Bonchev–Trinajstić information content (AvgIpc) is 2.70. The van der Waals surface area contributed by atoms with Gasteiger partial charge in [0.2, 0.25) is 0 Å². The standard InChI is InChI=1S/C20H14I2N2O7/c1-30-12-4-2-11(3-5-12)24-19(28)13(18(27)23-20(24)29)6-10-7-14(21)17(15(22)8-10)31-9-16(25)26/h2-8H,9H2,1H3,(H,25,26)(H,23,27,29)/b13-6+. The molecule has 2 N–H and O–H groups in total. The number of amides is 4. The molecule has 9 nitrogen and oxygen atoms in total. The van der Waals surface area contributed by atoms with Crippen LogP contribution < -0.4 is 19.7 Å². The lowest BCUT2D eigenvalue weighted by atomic mass is 10.1. The number of benzene rings is 2. The van der Waals surface area contributed by atoms with Crippen LogP contribution in [0.25, 0.3) is 6.08 Å². The molecule has 0 saturated carbocycles. The monoisotopic (exact) mass is 648 g/mol. The maximum atomic E-state index is 13.0. The van der Waals surface area contributed by atoms with E-state index in [1.54, 1.807) is 24.3 Å². The van der Waals surface area contributed by atoms with Gasteiger partial charge in [0.1, 0.15) is 17.1 Å². The number of barbiturate groups is 1. The van der Waals surface area contributed by atoms with Gasteiger partial charge >= 0.3 is 12.0 Å². The number of ether oxygens (including phenoxy) is 2. The Morgan fingerprint density at radius 1 is 1.13 bits per heavy atom. The highest BCUT2D eigenvalue weighted by molar-refractivity contribution is 14.1. The smallest absolute Gasteiger partial charge is 0.341 e. The van der Waals surface area contributed by atoms with Crippen molar-refractivity contribution in [3.05, 3.63) is 54.7 Å². The van der Waals surface area contributed by atoms with Gasteiger partial charge in [0.25, 0.3) is 11.8 Å². The van der Waals surface area contributed by atoms with Crippen molar-refractivity contribution in [2.24, 2.45) is 0 Å². The second kappa shape index (κ2) is 9.64. The molecular formula is C20H14I2N2O7. The van der Waals surface area contributed by atoms with E-state index < -0.39 is 30.4 Å². The number of aliphatic carboxylic acids is 1. The molecule has 0 spiro atoms. The molecule has 1 aliphatic heterocycles. The highest BCUT2D eigenvalue weighted by atomic mass is 127. The van der Waals surface area contributed by atoms with Crippen LogP contribution in [0, 0.1) is 7.14 Å². The van der Waals surface area contributed by atoms with E-state index in [2.05, 4.69) is 5.32 Å². The quantitative estimate of drug-likeness (QED) is 0.281. The molecule has 31 heavy (non-hydrogen) atoms. The molecular weight excluding hydrogens is 634 g/mol. The Balaban J connectivity index is 1.95. The predicted molar refractivity (Wildman–Crippen MR) is 127 cm³/mol. The van der Waals surface area contributed by atoms with E-state index in [4.69, 9.17) is 14.6 Å². The van der Waals surface area contributed by atoms with Crippen LogP contribution in [0.3, 0.4) is 0 Å². The maximum Gasteiger partial charge on any atom is 0.341 e. The normalized spacial score (nSPS) is 15.1. The molecule has 1 heterocycles. The third kappa shape index (κ3) is 5.15. The molecule has 2 aromatic rings. The molecule has 0 atom stereocenters. The lowest BCUT2D eigenvalue weighted by Gasteiger charge is -2.26. The molecule has 0 aliphatic carbocycles. The number of carboxylic acids is 1. The van der Waals surface area contributed by atoms with Gasteiger partial charge in [-0.15, -0.1) is 0 Å². The van der Waals surface area contributed by atoms with Gasteiger partial charge in [-0.1, -0.05) is 0 Å². The van der Waals surface area contributed by atoms with E-state index in [0.29, 0.717) is 24.2 Å². The summed E-state index contributed by atoms with van der Waals surface area (Å²) in [5.74, 6) is -1.74. The van der Waals surface area contributed by atoms with E-state index in [1.807, 2.05) is 45.2 Å². The third-order valence-electron chi connectivity index (χ3n) is 4.10. The van der Waals surface area contributed by atoms with Gasteiger partial charge in [0.15, 0.2) is 6.61 Å². The number of urea groups is 1. The minimum Gasteiger partial charge on any atom is -0.497 e. The summed E-state index contributed by atoms with van der Waals surface area (Å²) in [6.07, 6.45) is 1.37. The van der Waals surface area contributed by atoms with Crippen LogP contribution in [-0.2, 0) is 14.4 Å². The lowest BCUT2D eigenvalue weighted by molar-refractivity contribution is -0.139. The number of carboxylic acid groups (broad SMARTS) is 1. The second-order valence-corrected chi connectivity index (χ2v) is 8.48. The van der Waals surface area contributed by atoms with Crippen molar-refractivity contribution in [1.29, 1.82) is 0 Å². The number of carbonyl (C=O) groups excluding carboxylic acids is 3. The minimum absolute atomic E-state index is 0.221. The zero-order chi connectivity index (χ0) is 22.7. The first kappa shape index (κ1) is 23.0. The molecule has 0 bridgehead atoms. The highest BCUT2D eigenvalue weighted by Crippen LogP contribution is 2.31. The number of anilines is 1. The third-order valence-corrected chi connectivity index (χ3v) is 5.71. The summed E-state index contributed by atoms with van der Waals surface area (Å²) in [5.41, 5.74) is 0.573. The SMILES string of the molecule is COc1ccc(N2C(=O)NC(=O)/C(=C\c3cc(I)c(OCC(=O)O)c(I)c3)C2=O)cc1. The Kier molecular flexibility index (Phi) is 7.15. The fourth-order valence-electron chi connectivity index (χ4n) is 2.72. The highest BCUT2D eigenvalue weighted by Gasteiger charge is 2.36. The second-order valence-electron chi connectivity index (χ2n) is 6.15. The van der Waals surface area contributed by atoms with Crippen LogP contribution in [0.15, 0.2) is 42.0 Å². The lowest BCUT2D eigenvalue weighted by Crippen LogP contribution is -2.54. The van der Waals surface area contributed by atoms with Crippen molar-refractivity contribution in [2.45, 2.75) is 0 Å². The average molecular weight is 648 g/mol. The number of halogens is 2. The number of rotatable bonds is 6. The molecule has 3 rings (SSSR count). The van der Waals surface area contributed by atoms with Crippen molar-refractivity contribution in [3.63, 3.8) is 0 Å².